The number of unbranched alkanes of at least 4 members (excludes halogenated alkanes) is 2. The maximum atomic E-state index is 11.9. The summed E-state index contributed by atoms with van der Waals surface area (Å²) in [7, 11) is 0. The van der Waals surface area contributed by atoms with E-state index in [9.17, 15) is 15.0 Å². The zero-order valence-electron chi connectivity index (χ0n) is 14.8. The summed E-state index contributed by atoms with van der Waals surface area (Å²) >= 11 is 0. The zero-order valence-corrected chi connectivity index (χ0v) is 14.8. The third-order valence-electron chi connectivity index (χ3n) is 5.16. The van der Waals surface area contributed by atoms with Crippen molar-refractivity contribution in [2.75, 3.05) is 0 Å². The number of esters is 1. The minimum absolute atomic E-state index is 0.0623. The van der Waals surface area contributed by atoms with Crippen LogP contribution in [0.5, 0.6) is 0 Å². The Balaban J connectivity index is 1.99. The van der Waals surface area contributed by atoms with Crippen LogP contribution in [0.15, 0.2) is 24.3 Å². The van der Waals surface area contributed by atoms with Crippen LogP contribution in [-0.2, 0) is 9.53 Å². The second kappa shape index (κ2) is 10.00. The quantitative estimate of drug-likeness (QED) is 0.442. The number of rotatable bonds is 6. The molecule has 4 heteroatoms. The molecule has 0 bridgehead atoms. The van der Waals surface area contributed by atoms with E-state index in [1.54, 1.807) is 0 Å². The Morgan fingerprint density at radius 1 is 1.38 bits per heavy atom. The van der Waals surface area contributed by atoms with Gasteiger partial charge in [0.1, 0.15) is 6.10 Å². The molecule has 0 radical (unpaired) electrons. The molecule has 0 amide bonds. The highest BCUT2D eigenvalue weighted by Gasteiger charge is 2.42. The summed E-state index contributed by atoms with van der Waals surface area (Å²) in [4.78, 5) is 11.9. The summed E-state index contributed by atoms with van der Waals surface area (Å²) < 4.78 is 5.61. The Morgan fingerprint density at radius 2 is 2.21 bits per heavy atom. The van der Waals surface area contributed by atoms with Gasteiger partial charge in [-0.1, -0.05) is 50.5 Å². The maximum Gasteiger partial charge on any atom is 0.306 e. The molecule has 2 N–H and O–H groups in total. The third kappa shape index (κ3) is 5.75. The summed E-state index contributed by atoms with van der Waals surface area (Å²) in [6.07, 6.45) is 14.3. The molecule has 136 valence electrons. The van der Waals surface area contributed by atoms with E-state index in [1.165, 1.54) is 0 Å². The fourth-order valence-electron chi connectivity index (χ4n) is 3.74. The van der Waals surface area contributed by atoms with Gasteiger partial charge in [-0.25, -0.2) is 0 Å². The minimum Gasteiger partial charge on any atom is -0.462 e. The number of aliphatic hydroxyl groups excluding tert-OH is 2. The van der Waals surface area contributed by atoms with Crippen molar-refractivity contribution in [3.8, 4) is 0 Å². The lowest BCUT2D eigenvalue weighted by Crippen LogP contribution is -2.25. The topological polar surface area (TPSA) is 66.8 Å². The molecule has 2 aliphatic rings. The predicted molar refractivity (Wildman–Crippen MR) is 94.4 cm³/mol. The van der Waals surface area contributed by atoms with Crippen molar-refractivity contribution < 1.29 is 19.7 Å². The number of hydrogen-bond acceptors (Lipinski definition) is 4. The Hall–Kier alpha value is -1.13. The van der Waals surface area contributed by atoms with E-state index in [0.717, 1.165) is 44.9 Å². The molecule has 0 unspecified atom stereocenters. The van der Waals surface area contributed by atoms with Crippen LogP contribution in [0.25, 0.3) is 0 Å². The lowest BCUT2D eigenvalue weighted by Gasteiger charge is -2.23. The highest BCUT2D eigenvalue weighted by Crippen LogP contribution is 2.38. The van der Waals surface area contributed by atoms with Crippen molar-refractivity contribution in [3.63, 3.8) is 0 Å². The number of carbonyl (C=O) groups is 1. The Labute approximate surface area is 145 Å². The first-order valence-corrected chi connectivity index (χ1v) is 9.50. The van der Waals surface area contributed by atoms with Gasteiger partial charge < -0.3 is 14.9 Å². The van der Waals surface area contributed by atoms with Crippen LogP contribution in [0.4, 0.5) is 0 Å². The van der Waals surface area contributed by atoms with Gasteiger partial charge in [-0.15, -0.1) is 0 Å². The smallest absolute Gasteiger partial charge is 0.306 e. The first-order chi connectivity index (χ1) is 11.6. The molecule has 0 saturated heterocycles. The molecule has 1 heterocycles. The van der Waals surface area contributed by atoms with Gasteiger partial charge in [0, 0.05) is 24.7 Å². The minimum atomic E-state index is -0.513. The van der Waals surface area contributed by atoms with Crippen molar-refractivity contribution in [2.24, 2.45) is 11.8 Å². The number of hydrogen-bond donors (Lipinski definition) is 2. The molecule has 0 aromatic heterocycles. The summed E-state index contributed by atoms with van der Waals surface area (Å²) in [5, 5.41) is 20.5. The van der Waals surface area contributed by atoms with Gasteiger partial charge in [0.25, 0.3) is 0 Å². The highest BCUT2D eigenvalue weighted by molar-refractivity contribution is 5.69. The van der Waals surface area contributed by atoms with Crippen LogP contribution < -0.4 is 0 Å². The highest BCUT2D eigenvalue weighted by atomic mass is 16.5. The molecule has 0 spiro atoms. The van der Waals surface area contributed by atoms with Gasteiger partial charge in [-0.2, -0.15) is 0 Å². The predicted octanol–water partition coefficient (Wildman–Crippen LogP) is 3.52. The summed E-state index contributed by atoms with van der Waals surface area (Å²) in [6.45, 7) is 2.14. The van der Waals surface area contributed by atoms with Crippen molar-refractivity contribution in [1.29, 1.82) is 0 Å². The maximum absolute atomic E-state index is 11.9. The Morgan fingerprint density at radius 3 is 3.00 bits per heavy atom. The normalized spacial score (nSPS) is 32.5. The van der Waals surface area contributed by atoms with Gasteiger partial charge in [-0.05, 0) is 25.7 Å². The lowest BCUT2D eigenvalue weighted by molar-refractivity contribution is -0.151. The van der Waals surface area contributed by atoms with E-state index >= 15 is 0 Å². The first kappa shape index (κ1) is 19.2. The second-order valence-electron chi connectivity index (χ2n) is 7.12. The van der Waals surface area contributed by atoms with E-state index in [1.807, 2.05) is 12.2 Å². The average molecular weight is 336 g/mol. The number of carbonyl (C=O) groups excluding carboxylic acids is 1. The van der Waals surface area contributed by atoms with Crippen LogP contribution in [-0.4, -0.2) is 34.5 Å². The Bertz CT molecular complexity index is 443. The fraction of sp³-hybridized carbons (Fsp3) is 0.750. The van der Waals surface area contributed by atoms with Gasteiger partial charge in [0.2, 0.25) is 0 Å². The molecule has 2 rings (SSSR count). The number of ether oxygens (including phenoxy) is 1. The monoisotopic (exact) mass is 336 g/mol. The molecule has 1 aliphatic carbocycles. The van der Waals surface area contributed by atoms with Crippen LogP contribution in [0, 0.1) is 11.8 Å². The van der Waals surface area contributed by atoms with Gasteiger partial charge in [-0.3, -0.25) is 4.79 Å². The fourth-order valence-corrected chi connectivity index (χ4v) is 3.74. The number of fused-ring (bicyclic) bond motifs is 1. The molecule has 0 aromatic carbocycles. The molecule has 24 heavy (non-hydrogen) atoms. The summed E-state index contributed by atoms with van der Waals surface area (Å²) in [5.74, 6) is -0.123. The van der Waals surface area contributed by atoms with E-state index < -0.39 is 12.2 Å². The standard InChI is InChI=1S/C20H32O4/c1-2-3-6-9-15(21)12-13-16-17-10-7-4-5-8-11-20(23)24-19(17)14-18(16)22/h4,7,12-13,15-19,21-22H,2-3,5-6,8-11,14H2,1H3/t15-,16+,17+,18+,19+/m0/s1. The zero-order chi connectivity index (χ0) is 17.4. The first-order valence-electron chi connectivity index (χ1n) is 9.50. The number of allylic oxidation sites excluding steroid dienone is 2. The second-order valence-corrected chi connectivity index (χ2v) is 7.12. The van der Waals surface area contributed by atoms with Crippen LogP contribution in [0.2, 0.25) is 0 Å². The lowest BCUT2D eigenvalue weighted by atomic mass is 9.89. The molecule has 5 atom stereocenters. The Kier molecular flexibility index (Phi) is 8.00. The van der Waals surface area contributed by atoms with Crippen molar-refractivity contribution in [3.05, 3.63) is 24.3 Å². The SMILES string of the molecule is CCCCC[C@H](O)C=C[C@@H]1[C@H]2CC=CCCCC(=O)O[C@@H]2C[C@H]1O. The van der Waals surface area contributed by atoms with Crippen LogP contribution >= 0.6 is 0 Å². The molecular formula is C20H32O4. The molecule has 1 fully saturated rings. The largest absolute Gasteiger partial charge is 0.462 e. The van der Waals surface area contributed by atoms with Gasteiger partial charge in [0.15, 0.2) is 0 Å². The third-order valence-corrected chi connectivity index (χ3v) is 5.16. The van der Waals surface area contributed by atoms with E-state index in [2.05, 4.69) is 19.1 Å². The van der Waals surface area contributed by atoms with E-state index in [-0.39, 0.29) is 23.9 Å². The molecular weight excluding hydrogens is 304 g/mol. The number of aliphatic hydroxyl groups is 2. The molecule has 1 aliphatic heterocycles. The van der Waals surface area contributed by atoms with Gasteiger partial charge in [0.05, 0.1) is 12.2 Å². The van der Waals surface area contributed by atoms with Crippen molar-refractivity contribution in [2.45, 2.75) is 83.0 Å². The van der Waals surface area contributed by atoms with Crippen molar-refractivity contribution in [1.82, 2.24) is 0 Å². The molecule has 1 saturated carbocycles. The van der Waals surface area contributed by atoms with Crippen LogP contribution in [0.1, 0.15) is 64.7 Å². The van der Waals surface area contributed by atoms with Crippen molar-refractivity contribution >= 4 is 5.97 Å². The van der Waals surface area contributed by atoms with E-state index in [4.69, 9.17) is 4.74 Å². The summed E-state index contributed by atoms with van der Waals surface area (Å²) in [6, 6.07) is 0. The van der Waals surface area contributed by atoms with Crippen LogP contribution in [0.3, 0.4) is 0 Å². The molecule has 4 nitrogen and oxygen atoms in total. The average Bonchev–Trinajstić information content (AvgIpc) is 2.84. The molecule has 0 aromatic rings. The summed E-state index contributed by atoms with van der Waals surface area (Å²) in [5.41, 5.74) is 0. The van der Waals surface area contributed by atoms with E-state index in [0.29, 0.717) is 12.8 Å². The van der Waals surface area contributed by atoms with Gasteiger partial charge >= 0.3 is 5.97 Å².